The van der Waals surface area contributed by atoms with E-state index in [0.29, 0.717) is 6.54 Å². The Hall–Kier alpha value is -1.49. The first-order valence-electron chi connectivity index (χ1n) is 7.10. The fraction of sp³-hybridized carbons (Fsp3) is 0.533. The lowest BCUT2D eigenvalue weighted by atomic mass is 10.0. The highest BCUT2D eigenvalue weighted by atomic mass is 19.1. The molecule has 110 valence electrons. The molecule has 1 aliphatic rings. The van der Waals surface area contributed by atoms with Crippen molar-refractivity contribution < 1.29 is 13.6 Å². The largest absolute Gasteiger partial charge is 0.335 e. The van der Waals surface area contributed by atoms with Gasteiger partial charge in [-0.3, -0.25) is 4.79 Å². The maximum atomic E-state index is 13.8. The van der Waals surface area contributed by atoms with E-state index in [1.807, 2.05) is 6.92 Å². The molecule has 1 amide bonds. The lowest BCUT2D eigenvalue weighted by Gasteiger charge is -2.34. The van der Waals surface area contributed by atoms with E-state index < -0.39 is 17.5 Å². The monoisotopic (exact) mass is 282 g/mol. The van der Waals surface area contributed by atoms with Gasteiger partial charge in [-0.2, -0.15) is 0 Å². The molecule has 1 aromatic rings. The summed E-state index contributed by atoms with van der Waals surface area (Å²) < 4.78 is 27.0. The summed E-state index contributed by atoms with van der Waals surface area (Å²) >= 11 is 0. The van der Waals surface area contributed by atoms with Gasteiger partial charge in [-0.25, -0.2) is 8.78 Å². The number of benzene rings is 1. The van der Waals surface area contributed by atoms with Crippen LogP contribution in [0.5, 0.6) is 0 Å². The van der Waals surface area contributed by atoms with Crippen molar-refractivity contribution in [3.63, 3.8) is 0 Å². The first-order chi connectivity index (χ1) is 9.63. The minimum absolute atomic E-state index is 0.103. The van der Waals surface area contributed by atoms with Crippen LogP contribution in [0.4, 0.5) is 8.78 Å². The van der Waals surface area contributed by atoms with E-state index >= 15 is 0 Å². The van der Waals surface area contributed by atoms with Crippen LogP contribution in [0.3, 0.4) is 0 Å². The molecular formula is C15H20F2N2O. The Labute approximate surface area is 118 Å². The van der Waals surface area contributed by atoms with Gasteiger partial charge in [0.1, 0.15) is 11.6 Å². The van der Waals surface area contributed by atoms with Gasteiger partial charge in [-0.1, -0.05) is 6.92 Å². The predicted octanol–water partition coefficient (Wildman–Crippen LogP) is 2.57. The van der Waals surface area contributed by atoms with Crippen molar-refractivity contribution in [2.24, 2.45) is 0 Å². The molecule has 1 aliphatic heterocycles. The van der Waals surface area contributed by atoms with Gasteiger partial charge in [0.05, 0.1) is 5.56 Å². The van der Waals surface area contributed by atoms with Crippen LogP contribution in [0.25, 0.3) is 0 Å². The van der Waals surface area contributed by atoms with Crippen molar-refractivity contribution >= 4 is 5.91 Å². The lowest BCUT2D eigenvalue weighted by Crippen LogP contribution is -2.46. The first-order valence-corrected chi connectivity index (χ1v) is 7.10. The maximum Gasteiger partial charge on any atom is 0.257 e. The Bertz CT molecular complexity index is 473. The van der Waals surface area contributed by atoms with Crippen LogP contribution < -0.4 is 5.32 Å². The lowest BCUT2D eigenvalue weighted by molar-refractivity contribution is 0.0637. The molecule has 1 N–H and O–H groups in total. The van der Waals surface area contributed by atoms with E-state index in [1.165, 1.54) is 0 Å². The highest BCUT2D eigenvalue weighted by molar-refractivity contribution is 5.94. The van der Waals surface area contributed by atoms with Gasteiger partial charge in [0.25, 0.3) is 5.91 Å². The predicted molar refractivity (Wildman–Crippen MR) is 73.6 cm³/mol. The summed E-state index contributed by atoms with van der Waals surface area (Å²) in [6.07, 6.45) is 2.50. The normalized spacial score (nSPS) is 16.1. The highest BCUT2D eigenvalue weighted by Crippen LogP contribution is 2.18. The molecule has 2 rings (SSSR count). The Morgan fingerprint density at radius 3 is 2.70 bits per heavy atom. The van der Waals surface area contributed by atoms with E-state index in [1.54, 1.807) is 4.90 Å². The molecule has 3 nitrogen and oxygen atoms in total. The number of amides is 1. The van der Waals surface area contributed by atoms with E-state index in [-0.39, 0.29) is 11.6 Å². The molecule has 1 aromatic carbocycles. The second-order valence-electron chi connectivity index (χ2n) is 5.10. The third-order valence-corrected chi connectivity index (χ3v) is 3.63. The van der Waals surface area contributed by atoms with E-state index in [9.17, 15) is 13.6 Å². The zero-order valence-corrected chi connectivity index (χ0v) is 11.7. The van der Waals surface area contributed by atoms with Gasteiger partial charge in [0, 0.05) is 12.6 Å². The van der Waals surface area contributed by atoms with Crippen molar-refractivity contribution in [1.82, 2.24) is 10.2 Å². The molecule has 5 heteroatoms. The Morgan fingerprint density at radius 1 is 1.35 bits per heavy atom. The van der Waals surface area contributed by atoms with Gasteiger partial charge in [-0.05, 0) is 50.6 Å². The van der Waals surface area contributed by atoms with Crippen molar-refractivity contribution in [3.8, 4) is 0 Å². The molecule has 0 spiro atoms. The zero-order valence-electron chi connectivity index (χ0n) is 11.7. The quantitative estimate of drug-likeness (QED) is 0.920. The molecule has 0 atom stereocenters. The third-order valence-electron chi connectivity index (χ3n) is 3.63. The molecule has 1 fully saturated rings. The Balaban J connectivity index is 2.23. The average molecular weight is 282 g/mol. The number of halogens is 2. The van der Waals surface area contributed by atoms with Crippen molar-refractivity contribution in [2.75, 3.05) is 19.6 Å². The van der Waals surface area contributed by atoms with Crippen molar-refractivity contribution in [2.45, 2.75) is 32.2 Å². The minimum Gasteiger partial charge on any atom is -0.335 e. The second kappa shape index (κ2) is 6.79. The zero-order chi connectivity index (χ0) is 14.5. The Kier molecular flexibility index (Phi) is 5.06. The molecule has 0 unspecified atom stereocenters. The number of piperidine rings is 1. The number of nitrogens with one attached hydrogen (secondary N) is 1. The number of carbonyl (C=O) groups is 1. The van der Waals surface area contributed by atoms with E-state index in [4.69, 9.17) is 0 Å². The smallest absolute Gasteiger partial charge is 0.257 e. The van der Waals surface area contributed by atoms with Crippen LogP contribution >= 0.6 is 0 Å². The van der Waals surface area contributed by atoms with Gasteiger partial charge >= 0.3 is 0 Å². The van der Waals surface area contributed by atoms with Gasteiger partial charge in [-0.15, -0.1) is 0 Å². The molecule has 20 heavy (non-hydrogen) atoms. The van der Waals surface area contributed by atoms with Gasteiger partial charge in [0.2, 0.25) is 0 Å². The third kappa shape index (κ3) is 3.33. The fourth-order valence-electron chi connectivity index (χ4n) is 2.63. The van der Waals surface area contributed by atoms with Crippen molar-refractivity contribution in [1.29, 1.82) is 0 Å². The van der Waals surface area contributed by atoms with E-state index in [2.05, 4.69) is 5.32 Å². The maximum absolute atomic E-state index is 13.8. The first kappa shape index (κ1) is 14.9. The number of nitrogens with zero attached hydrogens (tertiary/aromatic N) is 1. The van der Waals surface area contributed by atoms with Crippen LogP contribution in [0.2, 0.25) is 0 Å². The summed E-state index contributed by atoms with van der Waals surface area (Å²) in [6.45, 7) is 4.25. The topological polar surface area (TPSA) is 32.3 Å². The van der Waals surface area contributed by atoms with Gasteiger partial charge < -0.3 is 10.2 Å². The molecule has 0 aliphatic carbocycles. The fourth-order valence-corrected chi connectivity index (χ4v) is 2.63. The Morgan fingerprint density at radius 2 is 2.05 bits per heavy atom. The molecule has 0 bridgehead atoms. The summed E-state index contributed by atoms with van der Waals surface area (Å²) in [5.41, 5.74) is -0.169. The summed E-state index contributed by atoms with van der Waals surface area (Å²) in [7, 11) is 0. The van der Waals surface area contributed by atoms with Crippen LogP contribution in [-0.4, -0.2) is 36.5 Å². The van der Waals surface area contributed by atoms with E-state index in [0.717, 1.165) is 50.6 Å². The van der Waals surface area contributed by atoms with Crippen LogP contribution in [0.15, 0.2) is 18.2 Å². The minimum atomic E-state index is -0.661. The standard InChI is InChI=1S/C15H20F2N2O/c1-2-9-19(12-5-7-18-8-6-12)15(20)13-10-11(16)3-4-14(13)17/h3-4,10,12,18H,2,5-9H2,1H3. The van der Waals surface area contributed by atoms with Crippen LogP contribution in [0.1, 0.15) is 36.5 Å². The average Bonchev–Trinajstić information content (AvgIpc) is 2.47. The summed E-state index contributed by atoms with van der Waals surface area (Å²) in [6, 6.07) is 3.13. The molecule has 0 aromatic heterocycles. The number of carbonyl (C=O) groups excluding carboxylic acids is 1. The van der Waals surface area contributed by atoms with Crippen molar-refractivity contribution in [3.05, 3.63) is 35.4 Å². The van der Waals surface area contributed by atoms with Crippen LogP contribution in [0, 0.1) is 11.6 Å². The molecule has 0 radical (unpaired) electrons. The summed E-state index contributed by atoms with van der Waals surface area (Å²) in [4.78, 5) is 14.2. The van der Waals surface area contributed by atoms with Crippen LogP contribution in [-0.2, 0) is 0 Å². The molecule has 1 saturated heterocycles. The summed E-state index contributed by atoms with van der Waals surface area (Å²) in [5, 5.41) is 3.24. The number of hydrogen-bond donors (Lipinski definition) is 1. The molecule has 0 saturated carbocycles. The number of rotatable bonds is 4. The van der Waals surface area contributed by atoms with Gasteiger partial charge in [0.15, 0.2) is 0 Å². The second-order valence-corrected chi connectivity index (χ2v) is 5.10. The molecule has 1 heterocycles. The SMILES string of the molecule is CCCN(C(=O)c1cc(F)ccc1F)C1CCNCC1. The number of hydrogen-bond acceptors (Lipinski definition) is 2. The highest BCUT2D eigenvalue weighted by Gasteiger charge is 2.27. The summed E-state index contributed by atoms with van der Waals surface area (Å²) in [5.74, 6) is -1.65. The molecular weight excluding hydrogens is 262 g/mol.